The number of para-hydroxylation sites is 1. The minimum atomic E-state index is -1.26. The topological polar surface area (TPSA) is 251 Å². The van der Waals surface area contributed by atoms with Crippen LogP contribution in [0.5, 0.6) is 5.75 Å². The molecule has 4 atom stereocenters. The van der Waals surface area contributed by atoms with E-state index in [1.54, 1.807) is 18.3 Å². The number of H-pyrrole nitrogens is 1. The molecule has 0 fully saturated rings. The fourth-order valence-electron chi connectivity index (χ4n) is 4.80. The predicted octanol–water partition coefficient (Wildman–Crippen LogP) is 0.332. The van der Waals surface area contributed by atoms with Crippen molar-refractivity contribution in [3.63, 3.8) is 0 Å². The number of guanidine groups is 1. The molecule has 15 heteroatoms. The van der Waals surface area contributed by atoms with Crippen LogP contribution in [0.2, 0.25) is 0 Å². The first-order valence-corrected chi connectivity index (χ1v) is 16.1. The molecule has 0 saturated heterocycles. The number of hydrogen-bond donors (Lipinski definition) is 9. The second-order valence-corrected chi connectivity index (χ2v) is 11.8. The first kappa shape index (κ1) is 35.7. The molecule has 0 bridgehead atoms. The van der Waals surface area contributed by atoms with Gasteiger partial charge < -0.3 is 48.3 Å². The number of benzene rings is 2. The van der Waals surface area contributed by atoms with Gasteiger partial charge in [0.05, 0.1) is 6.04 Å². The van der Waals surface area contributed by atoms with E-state index in [1.165, 1.54) is 23.9 Å². The van der Waals surface area contributed by atoms with E-state index in [-0.39, 0.29) is 43.9 Å². The number of phenolic OH excluding ortho intramolecular Hbond substituents is 1. The van der Waals surface area contributed by atoms with Crippen LogP contribution in [0.25, 0.3) is 10.9 Å². The number of carboxylic acid groups (broad SMARTS) is 1. The molecular weight excluding hydrogens is 612 g/mol. The van der Waals surface area contributed by atoms with Gasteiger partial charge in [-0.2, -0.15) is 11.8 Å². The Bertz CT molecular complexity index is 1510. The molecule has 0 aliphatic rings. The maximum atomic E-state index is 13.7. The van der Waals surface area contributed by atoms with Gasteiger partial charge in [0.25, 0.3) is 0 Å². The third-order valence-electron chi connectivity index (χ3n) is 7.26. The minimum absolute atomic E-state index is 0.0471. The quantitative estimate of drug-likeness (QED) is 0.0516. The lowest BCUT2D eigenvalue weighted by Gasteiger charge is -2.25. The van der Waals surface area contributed by atoms with Gasteiger partial charge in [-0.05, 0) is 67.0 Å². The molecule has 2 aromatic carbocycles. The smallest absolute Gasteiger partial charge is 0.326 e. The zero-order valence-electron chi connectivity index (χ0n) is 25.6. The summed E-state index contributed by atoms with van der Waals surface area (Å²) in [5.74, 6) is -2.63. The maximum absolute atomic E-state index is 13.7. The third-order valence-corrected chi connectivity index (χ3v) is 7.91. The van der Waals surface area contributed by atoms with Crippen molar-refractivity contribution < 1.29 is 29.4 Å². The van der Waals surface area contributed by atoms with Gasteiger partial charge in [0.1, 0.15) is 23.9 Å². The highest BCUT2D eigenvalue weighted by Gasteiger charge is 2.31. The summed E-state index contributed by atoms with van der Waals surface area (Å²) in [6.45, 7) is 0.184. The molecule has 3 aromatic rings. The highest BCUT2D eigenvalue weighted by atomic mass is 32.2. The van der Waals surface area contributed by atoms with Gasteiger partial charge in [0.2, 0.25) is 17.7 Å². The van der Waals surface area contributed by atoms with Gasteiger partial charge in [0, 0.05) is 30.1 Å². The molecule has 248 valence electrons. The lowest BCUT2D eigenvalue weighted by atomic mass is 10.0. The van der Waals surface area contributed by atoms with Crippen LogP contribution in [0, 0.1) is 0 Å². The van der Waals surface area contributed by atoms with Crippen LogP contribution >= 0.6 is 11.8 Å². The number of nitrogens with zero attached hydrogens (tertiary/aromatic N) is 1. The van der Waals surface area contributed by atoms with Crippen molar-refractivity contribution in [1.82, 2.24) is 20.9 Å². The fraction of sp³-hybridized carbons (Fsp3) is 0.387. The van der Waals surface area contributed by atoms with E-state index in [2.05, 4.69) is 25.9 Å². The summed E-state index contributed by atoms with van der Waals surface area (Å²) in [7, 11) is 0. The Morgan fingerprint density at radius 3 is 2.22 bits per heavy atom. The standard InChI is InChI=1S/C31H42N8O6S/c1-46-14-12-24(37-27(41)22(32)15-18-8-10-20(40)11-9-18)28(42)39-26(16-19-17-36-23-6-3-2-5-21(19)23)29(43)38-25(30(44)45)7-4-13-35-31(33)34/h2-3,5-6,8-11,17,22,24-26,36,40H,4,7,12-16,32H2,1H3,(H,37,41)(H,38,43)(H,39,42)(H,44,45)(H4,33,34,35). The van der Waals surface area contributed by atoms with Gasteiger partial charge in [0.15, 0.2) is 5.96 Å². The Balaban J connectivity index is 1.79. The average Bonchev–Trinajstić information content (AvgIpc) is 3.43. The van der Waals surface area contributed by atoms with Crippen LogP contribution in [-0.4, -0.2) is 87.6 Å². The van der Waals surface area contributed by atoms with Crippen molar-refractivity contribution >= 4 is 52.3 Å². The van der Waals surface area contributed by atoms with Gasteiger partial charge in [-0.25, -0.2) is 4.79 Å². The molecule has 4 unspecified atom stereocenters. The summed E-state index contributed by atoms with van der Waals surface area (Å²) in [4.78, 5) is 59.3. The Labute approximate surface area is 271 Å². The monoisotopic (exact) mass is 654 g/mol. The Kier molecular flexibility index (Phi) is 13.7. The average molecular weight is 655 g/mol. The zero-order valence-corrected chi connectivity index (χ0v) is 26.4. The van der Waals surface area contributed by atoms with E-state index >= 15 is 0 Å². The van der Waals surface area contributed by atoms with E-state index in [1.807, 2.05) is 30.5 Å². The SMILES string of the molecule is CSCCC(NC(=O)C(N)Cc1ccc(O)cc1)C(=O)NC(Cc1c[nH]c2ccccc12)C(=O)NC(CCCN=C(N)N)C(=O)O. The summed E-state index contributed by atoms with van der Waals surface area (Å²) in [6, 6.07) is 9.32. The Morgan fingerprint density at radius 1 is 0.891 bits per heavy atom. The number of aromatic nitrogens is 1. The van der Waals surface area contributed by atoms with Gasteiger partial charge in [-0.3, -0.25) is 19.4 Å². The predicted molar refractivity (Wildman–Crippen MR) is 178 cm³/mol. The number of aliphatic imine (C=N–C) groups is 1. The molecular formula is C31H42N8O6S. The third kappa shape index (κ3) is 11.0. The van der Waals surface area contributed by atoms with Crippen LogP contribution in [0.4, 0.5) is 0 Å². The molecule has 0 saturated carbocycles. The van der Waals surface area contributed by atoms with Gasteiger partial charge in [-0.15, -0.1) is 0 Å². The number of thioether (sulfide) groups is 1. The number of aliphatic carboxylic acids is 1. The number of phenols is 1. The number of nitrogens with one attached hydrogen (secondary N) is 4. The molecule has 1 heterocycles. The first-order valence-electron chi connectivity index (χ1n) is 14.7. The highest BCUT2D eigenvalue weighted by molar-refractivity contribution is 7.98. The number of nitrogens with two attached hydrogens (primary N) is 3. The normalized spacial score (nSPS) is 13.6. The Morgan fingerprint density at radius 2 is 1.54 bits per heavy atom. The van der Waals surface area contributed by atoms with E-state index in [4.69, 9.17) is 17.2 Å². The van der Waals surface area contributed by atoms with E-state index in [9.17, 15) is 29.4 Å². The Hall–Kier alpha value is -4.76. The summed E-state index contributed by atoms with van der Waals surface area (Å²) in [5, 5.41) is 28.1. The zero-order chi connectivity index (χ0) is 33.6. The van der Waals surface area contributed by atoms with Crippen LogP contribution in [0.3, 0.4) is 0 Å². The molecule has 46 heavy (non-hydrogen) atoms. The number of fused-ring (bicyclic) bond motifs is 1. The lowest BCUT2D eigenvalue weighted by Crippen LogP contribution is -2.57. The van der Waals surface area contributed by atoms with Crippen molar-refractivity contribution in [1.29, 1.82) is 0 Å². The molecule has 0 aliphatic heterocycles. The van der Waals surface area contributed by atoms with Crippen LogP contribution in [-0.2, 0) is 32.0 Å². The van der Waals surface area contributed by atoms with E-state index in [0.717, 1.165) is 22.0 Å². The first-order chi connectivity index (χ1) is 22.0. The molecule has 0 spiro atoms. The maximum Gasteiger partial charge on any atom is 0.326 e. The van der Waals surface area contributed by atoms with E-state index in [0.29, 0.717) is 12.2 Å². The molecule has 12 N–H and O–H groups in total. The van der Waals surface area contributed by atoms with Crippen molar-refractivity contribution in [2.45, 2.75) is 56.3 Å². The van der Waals surface area contributed by atoms with Crippen molar-refractivity contribution in [2.24, 2.45) is 22.2 Å². The number of hydrogen-bond acceptors (Lipinski definition) is 8. The van der Waals surface area contributed by atoms with Crippen LogP contribution in [0.15, 0.2) is 59.7 Å². The van der Waals surface area contributed by atoms with Crippen LogP contribution in [0.1, 0.15) is 30.4 Å². The van der Waals surface area contributed by atoms with Gasteiger partial charge >= 0.3 is 5.97 Å². The summed E-state index contributed by atoms with van der Waals surface area (Å²) < 4.78 is 0. The number of amides is 3. The molecule has 0 aliphatic carbocycles. The number of carboxylic acids is 1. The minimum Gasteiger partial charge on any atom is -0.508 e. The number of aromatic amines is 1. The number of carbonyl (C=O) groups is 4. The van der Waals surface area contributed by atoms with Crippen molar-refractivity contribution in [3.05, 3.63) is 65.9 Å². The number of aromatic hydroxyl groups is 1. The van der Waals surface area contributed by atoms with E-state index < -0.39 is 47.9 Å². The summed E-state index contributed by atoms with van der Waals surface area (Å²) in [5.41, 5.74) is 19.1. The van der Waals surface area contributed by atoms with Crippen molar-refractivity contribution in [2.75, 3.05) is 18.6 Å². The van der Waals surface area contributed by atoms with Crippen molar-refractivity contribution in [3.8, 4) is 5.75 Å². The summed E-state index contributed by atoms with van der Waals surface area (Å²) in [6.07, 6.45) is 4.42. The van der Waals surface area contributed by atoms with Crippen LogP contribution < -0.4 is 33.2 Å². The lowest BCUT2D eigenvalue weighted by molar-refractivity contribution is -0.142. The number of carbonyl (C=O) groups excluding carboxylic acids is 3. The second-order valence-electron chi connectivity index (χ2n) is 10.8. The summed E-state index contributed by atoms with van der Waals surface area (Å²) >= 11 is 1.48. The molecule has 3 amide bonds. The largest absolute Gasteiger partial charge is 0.508 e. The number of rotatable bonds is 18. The highest BCUT2D eigenvalue weighted by Crippen LogP contribution is 2.20. The fourth-order valence-corrected chi connectivity index (χ4v) is 5.27. The second kappa shape index (κ2) is 17.7. The molecule has 3 rings (SSSR count). The van der Waals surface area contributed by atoms with Gasteiger partial charge in [-0.1, -0.05) is 30.3 Å². The molecule has 0 radical (unpaired) electrons. The molecule has 14 nitrogen and oxygen atoms in total. The molecule has 1 aromatic heterocycles.